The molecular formula is C104H74N4. The largest absolute Gasteiger partial charge is 0.310 e. The molecule has 0 amide bonds. The average molecular weight is 1380 g/mol. The topological polar surface area (TPSA) is 13.0 Å². The molecule has 0 N–H and O–H groups in total. The second kappa shape index (κ2) is 29.8. The number of fused-ring (bicyclic) bond motifs is 2. The van der Waals surface area contributed by atoms with Crippen LogP contribution < -0.4 is 19.6 Å². The summed E-state index contributed by atoms with van der Waals surface area (Å²) in [5.74, 6) is 0. The second-order valence-electron chi connectivity index (χ2n) is 27.3. The van der Waals surface area contributed by atoms with Crippen molar-refractivity contribution in [2.24, 2.45) is 0 Å². The number of hydrogen-bond donors (Lipinski definition) is 0. The van der Waals surface area contributed by atoms with Gasteiger partial charge in [-0.3, -0.25) is 0 Å². The van der Waals surface area contributed by atoms with E-state index in [1.54, 1.807) is 0 Å². The molecule has 510 valence electrons. The molecule has 4 nitrogen and oxygen atoms in total. The van der Waals surface area contributed by atoms with Gasteiger partial charge >= 0.3 is 0 Å². The van der Waals surface area contributed by atoms with E-state index in [0.717, 1.165) is 101 Å². The molecule has 0 atom stereocenters. The van der Waals surface area contributed by atoms with Crippen LogP contribution in [0.3, 0.4) is 0 Å². The lowest BCUT2D eigenvalue weighted by Gasteiger charge is -2.28. The molecule has 0 fully saturated rings. The molecule has 0 radical (unpaired) electrons. The third kappa shape index (κ3) is 13.8. The summed E-state index contributed by atoms with van der Waals surface area (Å²) >= 11 is 0. The van der Waals surface area contributed by atoms with Crippen LogP contribution in [0.2, 0.25) is 0 Å². The standard InChI is InChI=1S/C104H74N4/c1-7-19-75(20-8-1)81-31-51-93(52-32-81)105(94-53-33-82(34-54-94)76-21-9-2-10-22-76)101-67-47-91-73-103(69-49-89(91)71-101)107(97-59-39-85(40-60-97)79-27-15-5-16-28-79)99-63-43-87(44-64-99)88-45-65-100(66-46-88)108(98-61-41-86(42-62-98)80-29-17-6-18-30-80)104-70-50-90-72-102(68-48-92(90)74-104)106(95-55-35-83(36-56-95)77-23-11-3-12-24-77)96-57-37-84(38-58-96)78-25-13-4-14-26-78/h1-74H. The van der Waals surface area contributed by atoms with E-state index in [2.05, 4.69) is 469 Å². The van der Waals surface area contributed by atoms with E-state index < -0.39 is 0 Å². The highest BCUT2D eigenvalue weighted by atomic mass is 15.2. The van der Waals surface area contributed by atoms with Gasteiger partial charge in [-0.05, 0) is 245 Å². The van der Waals surface area contributed by atoms with E-state index in [-0.39, 0.29) is 0 Å². The summed E-state index contributed by atoms with van der Waals surface area (Å²) in [5, 5.41) is 4.57. The maximum atomic E-state index is 2.38. The zero-order valence-electron chi connectivity index (χ0n) is 59.5. The van der Waals surface area contributed by atoms with Crippen LogP contribution in [-0.2, 0) is 0 Å². The van der Waals surface area contributed by atoms with Gasteiger partial charge in [0.05, 0.1) is 0 Å². The molecule has 0 bridgehead atoms. The van der Waals surface area contributed by atoms with Gasteiger partial charge in [0, 0.05) is 68.2 Å². The van der Waals surface area contributed by atoms with Gasteiger partial charge in [0.2, 0.25) is 0 Å². The molecule has 0 aliphatic rings. The summed E-state index contributed by atoms with van der Waals surface area (Å²) in [6.45, 7) is 0. The highest BCUT2D eigenvalue weighted by Gasteiger charge is 2.21. The van der Waals surface area contributed by atoms with Crippen molar-refractivity contribution in [3.05, 3.63) is 449 Å². The van der Waals surface area contributed by atoms with E-state index in [9.17, 15) is 0 Å². The minimum Gasteiger partial charge on any atom is -0.310 e. The van der Waals surface area contributed by atoms with Crippen molar-refractivity contribution in [1.82, 2.24) is 0 Å². The highest BCUT2D eigenvalue weighted by Crippen LogP contribution is 2.45. The lowest BCUT2D eigenvalue weighted by atomic mass is 10.0. The van der Waals surface area contributed by atoms with E-state index in [1.165, 1.54) is 66.8 Å². The first kappa shape index (κ1) is 65.7. The summed E-state index contributed by atoms with van der Waals surface area (Å²) in [6.07, 6.45) is 0. The highest BCUT2D eigenvalue weighted by molar-refractivity contribution is 5.96. The number of nitrogens with zero attached hydrogens (tertiary/aromatic N) is 4. The van der Waals surface area contributed by atoms with Gasteiger partial charge in [0.15, 0.2) is 0 Å². The van der Waals surface area contributed by atoms with Crippen molar-refractivity contribution in [3.63, 3.8) is 0 Å². The van der Waals surface area contributed by atoms with Crippen LogP contribution in [0.4, 0.5) is 68.2 Å². The molecule has 18 rings (SSSR count). The van der Waals surface area contributed by atoms with Gasteiger partial charge in [0.25, 0.3) is 0 Å². The maximum absolute atomic E-state index is 2.38. The molecule has 0 heterocycles. The molecular weight excluding hydrogens is 1310 g/mol. The maximum Gasteiger partial charge on any atom is 0.0468 e. The Labute approximate surface area is 632 Å². The monoisotopic (exact) mass is 1380 g/mol. The second-order valence-corrected chi connectivity index (χ2v) is 27.3. The van der Waals surface area contributed by atoms with Crippen molar-refractivity contribution in [3.8, 4) is 77.9 Å². The molecule has 0 aliphatic heterocycles. The first-order valence-electron chi connectivity index (χ1n) is 36.9. The Bertz CT molecular complexity index is 5520. The molecule has 108 heavy (non-hydrogen) atoms. The first-order chi connectivity index (χ1) is 53.5. The molecule has 0 unspecified atom stereocenters. The van der Waals surface area contributed by atoms with Gasteiger partial charge in [-0.15, -0.1) is 0 Å². The number of anilines is 12. The predicted octanol–water partition coefficient (Wildman–Crippen LogP) is 29.5. The zero-order chi connectivity index (χ0) is 72.0. The van der Waals surface area contributed by atoms with Crippen molar-refractivity contribution >= 4 is 89.8 Å². The Balaban J connectivity index is 0.665. The predicted molar refractivity (Wildman–Crippen MR) is 458 cm³/mol. The third-order valence-electron chi connectivity index (χ3n) is 20.6. The Morgan fingerprint density at radius 1 is 0.0926 bits per heavy atom. The van der Waals surface area contributed by atoms with Gasteiger partial charge in [-0.1, -0.05) is 303 Å². The molecule has 0 saturated carbocycles. The Kier molecular flexibility index (Phi) is 18.1. The van der Waals surface area contributed by atoms with Crippen molar-refractivity contribution < 1.29 is 0 Å². The minimum atomic E-state index is 1.05. The Morgan fingerprint density at radius 2 is 0.204 bits per heavy atom. The minimum absolute atomic E-state index is 1.05. The summed E-state index contributed by atoms with van der Waals surface area (Å²) < 4.78 is 0. The SMILES string of the molecule is c1ccc(-c2ccc(N(c3ccc(-c4ccccc4)cc3)c3ccc4cc(N(c5ccc(-c6ccccc6)cc5)c5ccc(-c6ccc(N(c7ccc(-c8ccccc8)cc7)c7ccc8cc(N(c9ccc(-c%10ccccc%10)cc9)c9ccc(-c%10ccccc%10)cc9)ccc8c7)cc6)cc5)ccc4c3)cc2)cc1. The lowest BCUT2D eigenvalue weighted by molar-refractivity contribution is 1.28. The molecule has 0 spiro atoms. The van der Waals surface area contributed by atoms with Crippen molar-refractivity contribution in [2.75, 3.05) is 19.6 Å². The van der Waals surface area contributed by atoms with Crippen LogP contribution in [0.15, 0.2) is 449 Å². The molecule has 4 heteroatoms. The van der Waals surface area contributed by atoms with Crippen LogP contribution in [0.5, 0.6) is 0 Å². The van der Waals surface area contributed by atoms with E-state index in [4.69, 9.17) is 0 Å². The van der Waals surface area contributed by atoms with Gasteiger partial charge in [0.1, 0.15) is 0 Å². The van der Waals surface area contributed by atoms with Crippen LogP contribution in [0, 0.1) is 0 Å². The molecule has 18 aromatic rings. The Hall–Kier alpha value is -14.3. The number of benzene rings is 18. The molecule has 0 aliphatic carbocycles. The van der Waals surface area contributed by atoms with Crippen LogP contribution >= 0.6 is 0 Å². The van der Waals surface area contributed by atoms with Crippen LogP contribution in [0.25, 0.3) is 99.4 Å². The summed E-state index contributed by atoms with van der Waals surface area (Å²) in [6, 6.07) is 163. The van der Waals surface area contributed by atoms with Crippen LogP contribution in [0.1, 0.15) is 0 Å². The normalized spacial score (nSPS) is 11.1. The fourth-order valence-corrected chi connectivity index (χ4v) is 15.0. The van der Waals surface area contributed by atoms with Crippen molar-refractivity contribution in [2.45, 2.75) is 0 Å². The summed E-state index contributed by atoms with van der Waals surface area (Å²) in [7, 11) is 0. The molecule has 18 aromatic carbocycles. The summed E-state index contributed by atoms with van der Waals surface area (Å²) in [4.78, 5) is 9.48. The van der Waals surface area contributed by atoms with Gasteiger partial charge < -0.3 is 19.6 Å². The quantitative estimate of drug-likeness (QED) is 0.0800. The number of rotatable bonds is 19. The first-order valence-corrected chi connectivity index (χ1v) is 36.9. The fraction of sp³-hybridized carbons (Fsp3) is 0. The average Bonchev–Trinajstić information content (AvgIpc) is 0.779. The van der Waals surface area contributed by atoms with Crippen molar-refractivity contribution in [1.29, 1.82) is 0 Å². The lowest BCUT2D eigenvalue weighted by Crippen LogP contribution is -2.11. The number of hydrogen-bond acceptors (Lipinski definition) is 4. The van der Waals surface area contributed by atoms with E-state index >= 15 is 0 Å². The summed E-state index contributed by atoms with van der Waals surface area (Å²) in [5.41, 5.74) is 29.3. The van der Waals surface area contributed by atoms with Gasteiger partial charge in [-0.25, -0.2) is 0 Å². The van der Waals surface area contributed by atoms with E-state index in [1.807, 2.05) is 0 Å². The fourth-order valence-electron chi connectivity index (χ4n) is 15.0. The molecule has 0 saturated heterocycles. The van der Waals surface area contributed by atoms with E-state index in [0.29, 0.717) is 0 Å². The zero-order valence-corrected chi connectivity index (χ0v) is 59.5. The smallest absolute Gasteiger partial charge is 0.0468 e. The Morgan fingerprint density at radius 3 is 0.333 bits per heavy atom. The molecule has 0 aromatic heterocycles. The third-order valence-corrected chi connectivity index (χ3v) is 20.6. The van der Waals surface area contributed by atoms with Gasteiger partial charge in [-0.2, -0.15) is 0 Å². The van der Waals surface area contributed by atoms with Crippen LogP contribution in [-0.4, -0.2) is 0 Å².